The maximum atomic E-state index is 6.28. The number of nitrogens with zero attached hydrogens (tertiary/aromatic N) is 4. The van der Waals surface area contributed by atoms with E-state index in [-0.39, 0.29) is 6.04 Å². The highest BCUT2D eigenvalue weighted by molar-refractivity contribution is 6.31. The van der Waals surface area contributed by atoms with Crippen molar-refractivity contribution in [3.05, 3.63) is 33.9 Å². The molecule has 0 spiro atoms. The first kappa shape index (κ1) is 16.0. The van der Waals surface area contributed by atoms with Crippen molar-refractivity contribution in [1.29, 1.82) is 0 Å². The van der Waals surface area contributed by atoms with E-state index in [0.717, 1.165) is 35.8 Å². The summed E-state index contributed by atoms with van der Waals surface area (Å²) in [5, 5.41) is 13.0. The molecular weight excluding hydrogens is 286 g/mol. The zero-order valence-electron chi connectivity index (χ0n) is 13.4. The lowest BCUT2D eigenvalue weighted by Gasteiger charge is -2.19. The second kappa shape index (κ2) is 6.62. The van der Waals surface area contributed by atoms with Gasteiger partial charge in [-0.15, -0.1) is 0 Å². The maximum Gasteiger partial charge on any atom is 0.0834 e. The molecule has 0 amide bonds. The van der Waals surface area contributed by atoms with Crippen molar-refractivity contribution in [2.45, 2.75) is 39.7 Å². The van der Waals surface area contributed by atoms with Crippen molar-refractivity contribution < 1.29 is 0 Å². The van der Waals surface area contributed by atoms with E-state index >= 15 is 0 Å². The summed E-state index contributed by atoms with van der Waals surface area (Å²) >= 11 is 6.28. The molecule has 1 unspecified atom stereocenters. The van der Waals surface area contributed by atoms with Gasteiger partial charge < -0.3 is 5.32 Å². The standard InChI is InChI=1S/C15H24ClN5/c1-6-17-14(15-13(16)9-18-21(15)5)8-7-12-10(2)19-20(4)11(12)3/h9,14,17H,6-8H2,1-5H3. The van der Waals surface area contributed by atoms with Crippen LogP contribution in [0.1, 0.15) is 42.0 Å². The van der Waals surface area contributed by atoms with Crippen molar-refractivity contribution in [1.82, 2.24) is 24.9 Å². The fourth-order valence-electron chi connectivity index (χ4n) is 2.86. The lowest BCUT2D eigenvalue weighted by molar-refractivity contribution is 0.480. The summed E-state index contributed by atoms with van der Waals surface area (Å²) in [6.45, 7) is 7.20. The fourth-order valence-corrected chi connectivity index (χ4v) is 3.16. The van der Waals surface area contributed by atoms with Crippen LogP contribution >= 0.6 is 11.6 Å². The number of hydrogen-bond acceptors (Lipinski definition) is 3. The second-order valence-electron chi connectivity index (χ2n) is 5.42. The molecular formula is C15H24ClN5. The van der Waals surface area contributed by atoms with Crippen LogP contribution in [0.25, 0.3) is 0 Å². The number of rotatable bonds is 6. The molecule has 0 aliphatic heterocycles. The van der Waals surface area contributed by atoms with Crippen LogP contribution in [0.5, 0.6) is 0 Å². The average molecular weight is 310 g/mol. The third-order valence-corrected chi connectivity index (χ3v) is 4.35. The van der Waals surface area contributed by atoms with Gasteiger partial charge in [0.15, 0.2) is 0 Å². The van der Waals surface area contributed by atoms with Crippen LogP contribution in [-0.2, 0) is 20.5 Å². The summed E-state index contributed by atoms with van der Waals surface area (Å²) in [6, 6.07) is 0.203. The molecule has 2 rings (SSSR count). The van der Waals surface area contributed by atoms with E-state index in [1.54, 1.807) is 6.20 Å². The van der Waals surface area contributed by atoms with Crippen LogP contribution in [0.4, 0.5) is 0 Å². The summed E-state index contributed by atoms with van der Waals surface area (Å²) in [4.78, 5) is 0. The second-order valence-corrected chi connectivity index (χ2v) is 5.83. The van der Waals surface area contributed by atoms with E-state index in [4.69, 9.17) is 11.6 Å². The Bertz CT molecular complexity index is 594. The molecule has 1 atom stereocenters. The van der Waals surface area contributed by atoms with E-state index in [9.17, 15) is 0 Å². The van der Waals surface area contributed by atoms with Crippen LogP contribution in [-0.4, -0.2) is 26.1 Å². The molecule has 0 aromatic carbocycles. The molecule has 0 saturated carbocycles. The minimum Gasteiger partial charge on any atom is -0.309 e. The normalized spacial score (nSPS) is 12.9. The van der Waals surface area contributed by atoms with Gasteiger partial charge in [-0.1, -0.05) is 18.5 Å². The Labute approximate surface area is 131 Å². The molecule has 21 heavy (non-hydrogen) atoms. The Morgan fingerprint density at radius 1 is 1.29 bits per heavy atom. The van der Waals surface area contributed by atoms with Gasteiger partial charge in [-0.25, -0.2) is 0 Å². The molecule has 2 heterocycles. The van der Waals surface area contributed by atoms with E-state index < -0.39 is 0 Å². The summed E-state index contributed by atoms with van der Waals surface area (Å²) in [5.74, 6) is 0. The number of aryl methyl sites for hydroxylation is 3. The Morgan fingerprint density at radius 3 is 2.48 bits per heavy atom. The smallest absolute Gasteiger partial charge is 0.0834 e. The monoisotopic (exact) mass is 309 g/mol. The number of aromatic nitrogens is 4. The van der Waals surface area contributed by atoms with Crippen molar-refractivity contribution >= 4 is 11.6 Å². The Hall–Kier alpha value is -1.33. The topological polar surface area (TPSA) is 47.7 Å². The SMILES string of the molecule is CCNC(CCc1c(C)nn(C)c1C)c1c(Cl)cnn1C. The van der Waals surface area contributed by atoms with E-state index in [1.165, 1.54) is 11.3 Å². The third kappa shape index (κ3) is 3.30. The Balaban J connectivity index is 2.18. The molecule has 0 saturated heterocycles. The Morgan fingerprint density at radius 2 is 2.00 bits per heavy atom. The molecule has 116 valence electrons. The van der Waals surface area contributed by atoms with Gasteiger partial charge in [-0.3, -0.25) is 9.36 Å². The number of hydrogen-bond donors (Lipinski definition) is 1. The number of halogens is 1. The van der Waals surface area contributed by atoms with E-state index in [2.05, 4.69) is 36.3 Å². The molecule has 0 radical (unpaired) electrons. The van der Waals surface area contributed by atoms with Gasteiger partial charge in [-0.05, 0) is 38.8 Å². The third-order valence-electron chi connectivity index (χ3n) is 4.06. The highest BCUT2D eigenvalue weighted by Crippen LogP contribution is 2.27. The lowest BCUT2D eigenvalue weighted by atomic mass is 10.0. The van der Waals surface area contributed by atoms with Crippen molar-refractivity contribution in [3.63, 3.8) is 0 Å². The highest BCUT2D eigenvalue weighted by atomic mass is 35.5. The number of nitrogens with one attached hydrogen (secondary N) is 1. The van der Waals surface area contributed by atoms with Gasteiger partial charge in [0.2, 0.25) is 0 Å². The van der Waals surface area contributed by atoms with Crippen molar-refractivity contribution in [3.8, 4) is 0 Å². The lowest BCUT2D eigenvalue weighted by Crippen LogP contribution is -2.24. The predicted molar refractivity (Wildman–Crippen MR) is 85.6 cm³/mol. The molecule has 0 aliphatic carbocycles. The first-order valence-corrected chi connectivity index (χ1v) is 7.73. The zero-order chi connectivity index (χ0) is 15.6. The van der Waals surface area contributed by atoms with Gasteiger partial charge >= 0.3 is 0 Å². The van der Waals surface area contributed by atoms with Gasteiger partial charge in [-0.2, -0.15) is 10.2 Å². The molecule has 0 fully saturated rings. The van der Waals surface area contributed by atoms with Crippen LogP contribution in [0.3, 0.4) is 0 Å². The van der Waals surface area contributed by atoms with Crippen LogP contribution in [0.2, 0.25) is 5.02 Å². The molecule has 1 N–H and O–H groups in total. The van der Waals surface area contributed by atoms with E-state index in [1.807, 2.05) is 23.5 Å². The van der Waals surface area contributed by atoms with E-state index in [0.29, 0.717) is 0 Å². The molecule has 0 aliphatic rings. The summed E-state index contributed by atoms with van der Waals surface area (Å²) in [5.41, 5.74) is 4.73. The predicted octanol–water partition coefficient (Wildman–Crippen LogP) is 2.71. The summed E-state index contributed by atoms with van der Waals surface area (Å²) in [6.07, 6.45) is 3.66. The van der Waals surface area contributed by atoms with Gasteiger partial charge in [0.1, 0.15) is 0 Å². The zero-order valence-corrected chi connectivity index (χ0v) is 14.2. The van der Waals surface area contributed by atoms with Crippen LogP contribution < -0.4 is 5.32 Å². The molecule has 0 bridgehead atoms. The first-order valence-electron chi connectivity index (χ1n) is 7.35. The molecule has 2 aromatic rings. The Kier molecular flexibility index (Phi) is 5.06. The summed E-state index contributed by atoms with van der Waals surface area (Å²) < 4.78 is 3.81. The van der Waals surface area contributed by atoms with Gasteiger partial charge in [0.05, 0.1) is 28.6 Å². The van der Waals surface area contributed by atoms with Crippen molar-refractivity contribution in [2.24, 2.45) is 14.1 Å². The average Bonchev–Trinajstić information content (AvgIpc) is 2.88. The molecule has 6 heteroatoms. The fraction of sp³-hybridized carbons (Fsp3) is 0.600. The quantitative estimate of drug-likeness (QED) is 0.892. The molecule has 5 nitrogen and oxygen atoms in total. The maximum absolute atomic E-state index is 6.28. The first-order chi connectivity index (χ1) is 9.95. The highest BCUT2D eigenvalue weighted by Gasteiger charge is 2.19. The minimum atomic E-state index is 0.203. The molecule has 2 aromatic heterocycles. The van der Waals surface area contributed by atoms with Gasteiger partial charge in [0.25, 0.3) is 0 Å². The summed E-state index contributed by atoms with van der Waals surface area (Å²) in [7, 11) is 3.93. The minimum absolute atomic E-state index is 0.203. The largest absolute Gasteiger partial charge is 0.309 e. The van der Waals surface area contributed by atoms with Gasteiger partial charge in [0, 0.05) is 19.8 Å². The van der Waals surface area contributed by atoms with Crippen molar-refractivity contribution in [2.75, 3.05) is 6.54 Å². The van der Waals surface area contributed by atoms with Crippen LogP contribution in [0, 0.1) is 13.8 Å². The van der Waals surface area contributed by atoms with Crippen LogP contribution in [0.15, 0.2) is 6.20 Å².